The lowest BCUT2D eigenvalue weighted by Gasteiger charge is -2.38. The highest BCUT2D eigenvalue weighted by molar-refractivity contribution is 9.08. The average molecular weight is 331 g/mol. The third-order valence-corrected chi connectivity index (χ3v) is 4.70. The molecule has 0 spiro atoms. The highest BCUT2D eigenvalue weighted by Crippen LogP contribution is 2.34. The molecule has 100 valence electrons. The van der Waals surface area contributed by atoms with Crippen molar-refractivity contribution in [2.75, 3.05) is 11.4 Å². The van der Waals surface area contributed by atoms with Crippen LogP contribution < -0.4 is 4.90 Å². The zero-order valence-electron chi connectivity index (χ0n) is 11.0. The fourth-order valence-electron chi connectivity index (χ4n) is 2.90. The number of halogens is 2. The second-order valence-corrected chi connectivity index (χ2v) is 5.97. The molecule has 0 aromatic heterocycles. The van der Waals surface area contributed by atoms with E-state index in [9.17, 15) is 0 Å². The van der Waals surface area contributed by atoms with Gasteiger partial charge < -0.3 is 4.90 Å². The van der Waals surface area contributed by atoms with Gasteiger partial charge in [-0.25, -0.2) is 0 Å². The van der Waals surface area contributed by atoms with Crippen molar-refractivity contribution in [1.29, 1.82) is 0 Å². The third-order valence-electron chi connectivity index (χ3n) is 3.79. The molecule has 1 saturated heterocycles. The molecule has 1 aliphatic rings. The number of alkyl halides is 1. The van der Waals surface area contributed by atoms with Gasteiger partial charge in [0.05, 0.1) is 0 Å². The molecule has 3 heteroatoms. The molecular formula is C15H21BrClN. The summed E-state index contributed by atoms with van der Waals surface area (Å²) in [5.74, 6) is 0. The van der Waals surface area contributed by atoms with E-state index < -0.39 is 0 Å². The molecule has 1 aliphatic heterocycles. The number of piperidine rings is 1. The van der Waals surface area contributed by atoms with Gasteiger partial charge in [-0.1, -0.05) is 46.9 Å². The van der Waals surface area contributed by atoms with Gasteiger partial charge in [0.1, 0.15) is 0 Å². The first-order valence-electron chi connectivity index (χ1n) is 6.88. The van der Waals surface area contributed by atoms with Gasteiger partial charge in [0.25, 0.3) is 0 Å². The van der Waals surface area contributed by atoms with Crippen molar-refractivity contribution < 1.29 is 0 Å². The van der Waals surface area contributed by atoms with E-state index in [4.69, 9.17) is 11.6 Å². The van der Waals surface area contributed by atoms with E-state index in [1.165, 1.54) is 49.9 Å². The second kappa shape index (κ2) is 6.81. The minimum atomic E-state index is 0.694. The molecule has 1 nitrogen and oxygen atoms in total. The van der Waals surface area contributed by atoms with Crippen LogP contribution >= 0.6 is 27.5 Å². The van der Waals surface area contributed by atoms with Gasteiger partial charge in [0, 0.05) is 34.2 Å². The summed E-state index contributed by atoms with van der Waals surface area (Å²) in [4.78, 5) is 2.58. The van der Waals surface area contributed by atoms with Crippen molar-refractivity contribution in [3.8, 4) is 0 Å². The summed E-state index contributed by atoms with van der Waals surface area (Å²) in [6.45, 7) is 3.45. The topological polar surface area (TPSA) is 3.24 Å². The molecule has 1 aromatic carbocycles. The first-order chi connectivity index (χ1) is 8.77. The first kappa shape index (κ1) is 14.2. The molecule has 1 fully saturated rings. The standard InChI is InChI=1S/C15H21BrClN/c1-2-6-12-7-3-4-10-18(12)15-9-5-8-14(17)13(15)11-16/h5,8-9,12H,2-4,6-7,10-11H2,1H3. The second-order valence-electron chi connectivity index (χ2n) is 5.00. The normalized spacial score (nSPS) is 20.2. The molecule has 1 aromatic rings. The highest BCUT2D eigenvalue weighted by Gasteiger charge is 2.24. The molecule has 1 unspecified atom stereocenters. The molecule has 0 saturated carbocycles. The van der Waals surface area contributed by atoms with Crippen LogP contribution in [0, 0.1) is 0 Å². The van der Waals surface area contributed by atoms with Crippen LogP contribution in [0.25, 0.3) is 0 Å². The van der Waals surface area contributed by atoms with Gasteiger partial charge in [-0.2, -0.15) is 0 Å². The van der Waals surface area contributed by atoms with Gasteiger partial charge in [0.15, 0.2) is 0 Å². The van der Waals surface area contributed by atoms with Gasteiger partial charge in [0.2, 0.25) is 0 Å². The third kappa shape index (κ3) is 3.03. The molecule has 1 heterocycles. The van der Waals surface area contributed by atoms with Gasteiger partial charge in [-0.15, -0.1) is 0 Å². The van der Waals surface area contributed by atoms with Crippen molar-refractivity contribution >= 4 is 33.2 Å². The Kier molecular flexibility index (Phi) is 5.38. The van der Waals surface area contributed by atoms with Crippen LogP contribution in [0.2, 0.25) is 5.02 Å². The lowest BCUT2D eigenvalue weighted by Crippen LogP contribution is -2.40. The van der Waals surface area contributed by atoms with Gasteiger partial charge in [-0.05, 0) is 37.8 Å². The predicted molar refractivity (Wildman–Crippen MR) is 84.0 cm³/mol. The monoisotopic (exact) mass is 329 g/mol. The summed E-state index contributed by atoms with van der Waals surface area (Å²) in [6.07, 6.45) is 6.53. The number of anilines is 1. The van der Waals surface area contributed by atoms with Crippen molar-refractivity contribution in [2.45, 2.75) is 50.4 Å². The van der Waals surface area contributed by atoms with Crippen LogP contribution in [0.5, 0.6) is 0 Å². The highest BCUT2D eigenvalue weighted by atomic mass is 79.9. The smallest absolute Gasteiger partial charge is 0.0467 e. The van der Waals surface area contributed by atoms with Crippen LogP contribution in [0.15, 0.2) is 18.2 Å². The molecule has 0 bridgehead atoms. The zero-order chi connectivity index (χ0) is 13.0. The van der Waals surface area contributed by atoms with E-state index in [0.29, 0.717) is 6.04 Å². The summed E-state index contributed by atoms with van der Waals surface area (Å²) < 4.78 is 0. The minimum Gasteiger partial charge on any atom is -0.368 e. The lowest BCUT2D eigenvalue weighted by molar-refractivity contribution is 0.434. The summed E-state index contributed by atoms with van der Waals surface area (Å²) >= 11 is 9.89. The van der Waals surface area contributed by atoms with Gasteiger partial charge in [-0.3, -0.25) is 0 Å². The fourth-order valence-corrected chi connectivity index (χ4v) is 3.89. The summed E-state index contributed by atoms with van der Waals surface area (Å²) in [7, 11) is 0. The number of hydrogen-bond donors (Lipinski definition) is 0. The Hall–Kier alpha value is -0.210. The Labute approximate surface area is 124 Å². The predicted octanol–water partition coefficient (Wildman–Crippen LogP) is 5.39. The fraction of sp³-hybridized carbons (Fsp3) is 0.600. The van der Waals surface area contributed by atoms with Crippen LogP contribution in [0.4, 0.5) is 5.69 Å². The first-order valence-corrected chi connectivity index (χ1v) is 8.37. The molecule has 1 atom stereocenters. The maximum atomic E-state index is 6.32. The number of rotatable bonds is 4. The molecule has 2 rings (SSSR count). The number of hydrogen-bond acceptors (Lipinski definition) is 1. The summed E-state index contributed by atoms with van der Waals surface area (Å²) in [6, 6.07) is 6.97. The SMILES string of the molecule is CCCC1CCCCN1c1cccc(Cl)c1CBr. The van der Waals surface area contributed by atoms with Crippen molar-refractivity contribution in [1.82, 2.24) is 0 Å². The van der Waals surface area contributed by atoms with Crippen LogP contribution in [0.1, 0.15) is 44.6 Å². The minimum absolute atomic E-state index is 0.694. The van der Waals surface area contributed by atoms with E-state index in [2.05, 4.69) is 39.9 Å². The van der Waals surface area contributed by atoms with Crippen LogP contribution in [0.3, 0.4) is 0 Å². The Balaban J connectivity index is 2.30. The Morgan fingerprint density at radius 2 is 2.22 bits per heavy atom. The summed E-state index contributed by atoms with van der Waals surface area (Å²) in [5.41, 5.74) is 2.57. The van der Waals surface area contributed by atoms with Crippen molar-refractivity contribution in [2.24, 2.45) is 0 Å². The number of nitrogens with zero attached hydrogens (tertiary/aromatic N) is 1. The maximum absolute atomic E-state index is 6.32. The lowest BCUT2D eigenvalue weighted by atomic mass is 9.96. The van der Waals surface area contributed by atoms with E-state index in [-0.39, 0.29) is 0 Å². The molecular weight excluding hydrogens is 310 g/mol. The zero-order valence-corrected chi connectivity index (χ0v) is 13.3. The quantitative estimate of drug-likeness (QED) is 0.669. The number of benzene rings is 1. The van der Waals surface area contributed by atoms with Crippen LogP contribution in [-0.4, -0.2) is 12.6 Å². The molecule has 0 N–H and O–H groups in total. The van der Waals surface area contributed by atoms with E-state index in [0.717, 1.165) is 10.4 Å². The van der Waals surface area contributed by atoms with E-state index in [1.54, 1.807) is 0 Å². The van der Waals surface area contributed by atoms with Gasteiger partial charge >= 0.3 is 0 Å². The average Bonchev–Trinajstić information content (AvgIpc) is 2.39. The summed E-state index contributed by atoms with van der Waals surface area (Å²) in [5, 5.41) is 1.71. The Morgan fingerprint density at radius 1 is 1.39 bits per heavy atom. The largest absolute Gasteiger partial charge is 0.368 e. The Morgan fingerprint density at radius 3 is 2.94 bits per heavy atom. The molecule has 18 heavy (non-hydrogen) atoms. The maximum Gasteiger partial charge on any atom is 0.0467 e. The molecule has 0 amide bonds. The van der Waals surface area contributed by atoms with E-state index in [1.807, 2.05) is 6.07 Å². The Bertz CT molecular complexity index is 392. The van der Waals surface area contributed by atoms with Crippen LogP contribution in [-0.2, 0) is 5.33 Å². The van der Waals surface area contributed by atoms with Crippen molar-refractivity contribution in [3.05, 3.63) is 28.8 Å². The van der Waals surface area contributed by atoms with E-state index >= 15 is 0 Å². The molecule has 0 aliphatic carbocycles. The molecule has 0 radical (unpaired) electrons. The van der Waals surface area contributed by atoms with Crippen molar-refractivity contribution in [3.63, 3.8) is 0 Å².